The first-order chi connectivity index (χ1) is 14.7. The zero-order valence-electron chi connectivity index (χ0n) is 15.9. The number of aromatic nitrogens is 1. The molecule has 2 atom stereocenters. The minimum absolute atomic E-state index is 0.0341. The monoisotopic (exact) mass is 504 g/mol. The second-order valence-corrected chi connectivity index (χ2v) is 8.91. The Balaban J connectivity index is 1.94. The van der Waals surface area contributed by atoms with Crippen LogP contribution in [0.4, 0.5) is 10.2 Å². The van der Waals surface area contributed by atoms with E-state index in [1.165, 1.54) is 29.5 Å². The highest BCUT2D eigenvalue weighted by Gasteiger charge is 2.25. The number of thiophene rings is 1. The van der Waals surface area contributed by atoms with Crippen LogP contribution in [0.2, 0.25) is 10.0 Å². The van der Waals surface area contributed by atoms with E-state index in [4.69, 9.17) is 39.5 Å². The largest absolute Gasteiger partial charge is 0.508 e. The first-order valence-electron chi connectivity index (χ1n) is 8.88. The molecule has 0 bridgehead atoms. The Hall–Kier alpha value is -2.26. The molecule has 2 aromatic heterocycles. The number of phenolic OH excluding ortho intramolecular Hbond substituents is 1. The summed E-state index contributed by atoms with van der Waals surface area (Å²) in [4.78, 5) is 16.1. The Kier molecular flexibility index (Phi) is 7.48. The van der Waals surface area contributed by atoms with Crippen molar-refractivity contribution < 1.29 is 24.1 Å². The van der Waals surface area contributed by atoms with Gasteiger partial charge in [-0.25, -0.2) is 4.79 Å². The minimum Gasteiger partial charge on any atom is -0.508 e. The highest BCUT2D eigenvalue weighted by molar-refractivity contribution is 7.09. The average molecular weight is 506 g/mol. The Labute approximate surface area is 196 Å². The fourth-order valence-corrected chi connectivity index (χ4v) is 4.09. The molecule has 3 rings (SSSR count). The molecule has 11 heteroatoms. The van der Waals surface area contributed by atoms with Crippen molar-refractivity contribution in [2.75, 3.05) is 5.32 Å². The number of ether oxygens (including phenoxy) is 1. The Morgan fingerprint density at radius 3 is 2.68 bits per heavy atom. The number of hydrogen-bond acceptors (Lipinski definition) is 6. The summed E-state index contributed by atoms with van der Waals surface area (Å²) in [5.74, 6) is -2.58. The van der Waals surface area contributed by atoms with E-state index >= 15 is 0 Å². The highest BCUT2D eigenvalue weighted by atomic mass is 35.5. The summed E-state index contributed by atoms with van der Waals surface area (Å²) in [7, 11) is 0. The van der Waals surface area contributed by atoms with Crippen molar-refractivity contribution in [1.29, 1.82) is 0 Å². The van der Waals surface area contributed by atoms with Crippen molar-refractivity contribution in [3.05, 3.63) is 62.1 Å². The number of pyridine rings is 1. The van der Waals surface area contributed by atoms with Gasteiger partial charge in [-0.15, -0.1) is 22.9 Å². The van der Waals surface area contributed by atoms with Crippen LogP contribution in [-0.4, -0.2) is 27.2 Å². The van der Waals surface area contributed by atoms with Gasteiger partial charge in [0.25, 0.3) is 0 Å². The van der Waals surface area contributed by atoms with E-state index in [1.54, 1.807) is 19.1 Å². The molecule has 0 aliphatic heterocycles. The van der Waals surface area contributed by atoms with Gasteiger partial charge in [0.1, 0.15) is 27.6 Å². The summed E-state index contributed by atoms with van der Waals surface area (Å²) in [6, 6.07) is 6.72. The molecule has 0 saturated heterocycles. The van der Waals surface area contributed by atoms with Crippen LogP contribution in [-0.2, 0) is 11.2 Å². The molecule has 6 nitrogen and oxygen atoms in total. The van der Waals surface area contributed by atoms with Gasteiger partial charge < -0.3 is 20.3 Å². The van der Waals surface area contributed by atoms with Gasteiger partial charge in [0.2, 0.25) is 5.95 Å². The van der Waals surface area contributed by atoms with Gasteiger partial charge in [-0.1, -0.05) is 29.3 Å². The third kappa shape index (κ3) is 5.51. The molecular weight excluding hydrogens is 490 g/mol. The second kappa shape index (κ2) is 9.91. The van der Waals surface area contributed by atoms with E-state index in [-0.39, 0.29) is 34.5 Å². The maximum atomic E-state index is 14.4. The zero-order chi connectivity index (χ0) is 22.7. The van der Waals surface area contributed by atoms with Crippen LogP contribution in [0, 0.1) is 5.95 Å². The van der Waals surface area contributed by atoms with E-state index in [1.807, 2.05) is 5.38 Å². The normalized spacial score (nSPS) is 12.9. The zero-order valence-corrected chi connectivity index (χ0v) is 19.0. The van der Waals surface area contributed by atoms with E-state index in [0.29, 0.717) is 5.56 Å². The van der Waals surface area contributed by atoms with Crippen molar-refractivity contribution in [3.8, 4) is 17.2 Å². The van der Waals surface area contributed by atoms with Crippen molar-refractivity contribution in [2.45, 2.75) is 24.8 Å². The standard InChI is InChI=1S/C20H16Cl3FN2O4S/c1-9(21)12-7-10(4-5-14(12)27)30-17-15(22)18(24)26-19(16(17)23)25-13(20(28)29)8-11-3-2-6-31-11/h2-7,9,13,27H,8H2,1H3,(H,25,26)(H,28,29)/t9?,13-/m1/s1. The van der Waals surface area contributed by atoms with Crippen molar-refractivity contribution in [3.63, 3.8) is 0 Å². The maximum absolute atomic E-state index is 14.4. The number of aromatic hydroxyl groups is 1. The lowest BCUT2D eigenvalue weighted by molar-refractivity contribution is -0.137. The number of nitrogens with one attached hydrogen (secondary N) is 1. The number of phenols is 1. The molecule has 3 aromatic rings. The van der Waals surface area contributed by atoms with Gasteiger partial charge in [-0.3, -0.25) is 0 Å². The number of benzene rings is 1. The lowest BCUT2D eigenvalue weighted by Gasteiger charge is -2.18. The Morgan fingerprint density at radius 2 is 2.06 bits per heavy atom. The maximum Gasteiger partial charge on any atom is 0.326 e. The van der Waals surface area contributed by atoms with Crippen LogP contribution < -0.4 is 10.1 Å². The predicted molar refractivity (Wildman–Crippen MR) is 120 cm³/mol. The average Bonchev–Trinajstić information content (AvgIpc) is 3.22. The van der Waals surface area contributed by atoms with Gasteiger partial charge in [-0.05, 0) is 36.6 Å². The van der Waals surface area contributed by atoms with E-state index in [0.717, 1.165) is 4.88 Å². The number of hydrogen-bond donors (Lipinski definition) is 3. The summed E-state index contributed by atoms with van der Waals surface area (Å²) in [5, 5.41) is 22.7. The predicted octanol–water partition coefficient (Wildman–Crippen LogP) is 6.49. The number of carboxylic acids is 1. The van der Waals surface area contributed by atoms with Gasteiger partial charge >= 0.3 is 5.97 Å². The molecule has 0 fully saturated rings. The van der Waals surface area contributed by atoms with Gasteiger partial charge in [0.15, 0.2) is 11.6 Å². The number of halogens is 4. The molecule has 0 radical (unpaired) electrons. The van der Waals surface area contributed by atoms with Crippen molar-refractivity contribution >= 4 is 57.9 Å². The van der Waals surface area contributed by atoms with Crippen LogP contribution in [0.1, 0.15) is 22.7 Å². The van der Waals surface area contributed by atoms with Crippen LogP contribution in [0.15, 0.2) is 35.7 Å². The lowest BCUT2D eigenvalue weighted by atomic mass is 10.1. The van der Waals surface area contributed by atoms with Crippen LogP contribution in [0.25, 0.3) is 0 Å². The quantitative estimate of drug-likeness (QED) is 0.239. The van der Waals surface area contributed by atoms with Crippen LogP contribution >= 0.6 is 46.1 Å². The van der Waals surface area contributed by atoms with Crippen molar-refractivity contribution in [2.24, 2.45) is 0 Å². The number of carboxylic acid groups (broad SMARTS) is 1. The summed E-state index contributed by atoms with van der Waals surface area (Å²) < 4.78 is 20.1. The Bertz CT molecular complexity index is 1100. The molecule has 164 valence electrons. The van der Waals surface area contributed by atoms with Crippen LogP contribution in [0.3, 0.4) is 0 Å². The molecule has 0 amide bonds. The van der Waals surface area contributed by atoms with Gasteiger partial charge in [0, 0.05) is 16.9 Å². The second-order valence-electron chi connectivity index (χ2n) is 6.47. The summed E-state index contributed by atoms with van der Waals surface area (Å²) in [6.45, 7) is 1.66. The fraction of sp³-hybridized carbons (Fsp3) is 0.200. The number of anilines is 1. The number of nitrogens with zero attached hydrogens (tertiary/aromatic N) is 1. The SMILES string of the molecule is CC(Cl)c1cc(Oc2c(Cl)c(F)nc(N[C@H](Cc3cccs3)C(=O)O)c2Cl)ccc1O. The molecule has 1 aromatic carbocycles. The third-order valence-corrected chi connectivity index (χ3v) is 6.05. The van der Waals surface area contributed by atoms with Gasteiger partial charge in [-0.2, -0.15) is 9.37 Å². The molecule has 1 unspecified atom stereocenters. The molecule has 31 heavy (non-hydrogen) atoms. The number of aliphatic carboxylic acids is 1. The molecule has 0 aliphatic carbocycles. The molecule has 0 spiro atoms. The smallest absolute Gasteiger partial charge is 0.326 e. The van der Waals surface area contributed by atoms with Crippen LogP contribution in [0.5, 0.6) is 17.2 Å². The highest BCUT2D eigenvalue weighted by Crippen LogP contribution is 2.42. The molecule has 0 saturated carbocycles. The number of rotatable bonds is 8. The summed E-state index contributed by atoms with van der Waals surface area (Å²) >= 11 is 19.8. The third-order valence-electron chi connectivity index (χ3n) is 4.24. The Morgan fingerprint density at radius 1 is 1.32 bits per heavy atom. The number of alkyl halides is 1. The van der Waals surface area contributed by atoms with E-state index < -0.39 is 28.4 Å². The first-order valence-corrected chi connectivity index (χ1v) is 11.0. The van der Waals surface area contributed by atoms with E-state index in [9.17, 15) is 19.4 Å². The molecule has 0 aliphatic rings. The summed E-state index contributed by atoms with van der Waals surface area (Å²) in [5.41, 5.74) is 0.390. The molecular formula is C20H16Cl3FN2O4S. The topological polar surface area (TPSA) is 91.7 Å². The summed E-state index contributed by atoms with van der Waals surface area (Å²) in [6.07, 6.45) is 0.139. The fourth-order valence-electron chi connectivity index (χ4n) is 2.71. The van der Waals surface area contributed by atoms with Crippen molar-refractivity contribution in [1.82, 2.24) is 4.98 Å². The first kappa shape index (κ1) is 23.4. The minimum atomic E-state index is -1.16. The van der Waals surface area contributed by atoms with Gasteiger partial charge in [0.05, 0.1) is 5.38 Å². The molecule has 2 heterocycles. The molecule has 3 N–H and O–H groups in total. The lowest BCUT2D eigenvalue weighted by Crippen LogP contribution is -2.32. The number of carbonyl (C=O) groups is 1. The van der Waals surface area contributed by atoms with E-state index in [2.05, 4.69) is 10.3 Å².